The third-order valence-electron chi connectivity index (χ3n) is 10.2. The fraction of sp³-hybridized carbons (Fsp3) is 0.188. The molecule has 53 heavy (non-hydrogen) atoms. The van der Waals surface area contributed by atoms with Gasteiger partial charge in [-0.3, -0.25) is 15.0 Å². The van der Waals surface area contributed by atoms with Gasteiger partial charge in [-0.05, 0) is 72.4 Å². The molecule has 0 aliphatic rings. The molecule has 262 valence electrons. The molecule has 5 heteroatoms. The normalized spacial score (nSPS) is 14.0. The van der Waals surface area contributed by atoms with Crippen LogP contribution in [0.3, 0.4) is 0 Å². The number of pyridine rings is 3. The number of thiophene rings is 1. The molecule has 4 aromatic carbocycles. The van der Waals surface area contributed by atoms with Crippen LogP contribution in [0.1, 0.15) is 74.0 Å². The average molecular weight is 883 g/mol. The fourth-order valence-corrected chi connectivity index (χ4v) is 8.75. The minimum absolute atomic E-state index is 0. The van der Waals surface area contributed by atoms with E-state index in [-0.39, 0.29) is 25.5 Å². The Morgan fingerprint density at radius 2 is 1.17 bits per heavy atom. The Morgan fingerprint density at radius 1 is 0.566 bits per heavy atom. The Balaban J connectivity index is 0.00000435. The van der Waals surface area contributed by atoms with Crippen molar-refractivity contribution in [3.8, 4) is 11.3 Å². The molecule has 0 saturated carbocycles. The van der Waals surface area contributed by atoms with Crippen LogP contribution in [0.2, 0.25) is 0 Å². The summed E-state index contributed by atoms with van der Waals surface area (Å²) in [7, 11) is 0. The molecular formula is C48H40IrN3S. The largest absolute Gasteiger partial charge is 3.00 e. The summed E-state index contributed by atoms with van der Waals surface area (Å²) in [6.07, 6.45) is 4.71. The zero-order valence-electron chi connectivity index (χ0n) is 30.6. The molecule has 0 radical (unpaired) electrons. The molecule has 0 aliphatic heterocycles. The quantitative estimate of drug-likeness (QED) is 0.143. The van der Waals surface area contributed by atoms with E-state index in [0.717, 1.165) is 56.2 Å². The first-order valence-electron chi connectivity index (χ1n) is 17.8. The summed E-state index contributed by atoms with van der Waals surface area (Å²) in [6.45, 7) is 11.4. The van der Waals surface area contributed by atoms with Crippen LogP contribution in [0.25, 0.3) is 31.4 Å². The first-order valence-corrected chi connectivity index (χ1v) is 18.6. The van der Waals surface area contributed by atoms with Gasteiger partial charge in [0.05, 0.1) is 16.8 Å². The van der Waals surface area contributed by atoms with Crippen molar-refractivity contribution in [2.75, 3.05) is 0 Å². The molecule has 3 nitrogen and oxygen atoms in total. The van der Waals surface area contributed by atoms with Crippen molar-refractivity contribution >= 4 is 31.5 Å². The SMILES string of the molecule is CC(C)(C)Cc1cccc2c1sc1c(-c3[c-]c(C(C)(c4[c-]cccc4)c4ccccn4)ccc3)nc([C@](C)(c3[c-]cccc3)c3ccccn3)cc12.[Ir+3]. The molecule has 4 aromatic heterocycles. The fourth-order valence-electron chi connectivity index (χ4n) is 7.46. The predicted molar refractivity (Wildman–Crippen MR) is 215 cm³/mol. The van der Waals surface area contributed by atoms with E-state index >= 15 is 0 Å². The van der Waals surface area contributed by atoms with Crippen LogP contribution in [0.15, 0.2) is 140 Å². The Hall–Kier alpha value is -4.80. The summed E-state index contributed by atoms with van der Waals surface area (Å²) in [5.74, 6) is 0. The summed E-state index contributed by atoms with van der Waals surface area (Å²) in [5.41, 5.74) is 7.90. The molecular weight excluding hydrogens is 843 g/mol. The molecule has 4 heterocycles. The molecule has 0 amide bonds. The maximum absolute atomic E-state index is 5.66. The van der Waals surface area contributed by atoms with Gasteiger partial charge in [-0.25, -0.2) is 0 Å². The number of benzene rings is 4. The topological polar surface area (TPSA) is 38.7 Å². The van der Waals surface area contributed by atoms with Gasteiger partial charge in [0.25, 0.3) is 0 Å². The monoisotopic (exact) mass is 883 g/mol. The zero-order chi connectivity index (χ0) is 35.9. The molecule has 0 bridgehead atoms. The Bertz CT molecular complexity index is 2410. The second-order valence-corrected chi connectivity index (χ2v) is 16.1. The number of hydrogen-bond acceptors (Lipinski definition) is 4. The first kappa shape index (κ1) is 36.6. The van der Waals surface area contributed by atoms with Crippen molar-refractivity contribution in [3.05, 3.63) is 197 Å². The van der Waals surface area contributed by atoms with Gasteiger partial charge in [0, 0.05) is 38.6 Å². The number of aromatic nitrogens is 3. The van der Waals surface area contributed by atoms with Gasteiger partial charge >= 0.3 is 20.1 Å². The van der Waals surface area contributed by atoms with Crippen molar-refractivity contribution in [1.29, 1.82) is 0 Å². The minimum atomic E-state index is -0.679. The summed E-state index contributed by atoms with van der Waals surface area (Å²) >= 11 is 1.84. The maximum Gasteiger partial charge on any atom is 3.00 e. The number of nitrogens with zero attached hydrogens (tertiary/aromatic N) is 3. The van der Waals surface area contributed by atoms with Crippen molar-refractivity contribution in [1.82, 2.24) is 15.0 Å². The smallest absolute Gasteiger partial charge is 0.299 e. The second kappa shape index (κ2) is 14.6. The van der Waals surface area contributed by atoms with Crippen molar-refractivity contribution in [3.63, 3.8) is 0 Å². The van der Waals surface area contributed by atoms with E-state index in [1.807, 2.05) is 66.2 Å². The molecule has 0 spiro atoms. The molecule has 0 fully saturated rings. The van der Waals surface area contributed by atoms with Gasteiger partial charge in [-0.15, -0.1) is 57.9 Å². The van der Waals surface area contributed by atoms with Gasteiger partial charge < -0.3 is 0 Å². The summed E-state index contributed by atoms with van der Waals surface area (Å²) in [4.78, 5) is 15.5. The van der Waals surface area contributed by atoms with E-state index < -0.39 is 10.8 Å². The van der Waals surface area contributed by atoms with Gasteiger partial charge in [-0.2, -0.15) is 60.7 Å². The van der Waals surface area contributed by atoms with E-state index in [1.54, 1.807) is 0 Å². The van der Waals surface area contributed by atoms with Crippen LogP contribution in [0.5, 0.6) is 0 Å². The van der Waals surface area contributed by atoms with Gasteiger partial charge in [-0.1, -0.05) is 51.1 Å². The van der Waals surface area contributed by atoms with Gasteiger partial charge in [0.15, 0.2) is 0 Å². The zero-order valence-corrected chi connectivity index (χ0v) is 33.8. The molecule has 8 aromatic rings. The van der Waals surface area contributed by atoms with E-state index in [4.69, 9.17) is 15.0 Å². The van der Waals surface area contributed by atoms with Crippen LogP contribution in [-0.4, -0.2) is 15.0 Å². The Kier molecular flexibility index (Phi) is 10.0. The molecule has 0 saturated heterocycles. The number of hydrogen-bond donors (Lipinski definition) is 0. The van der Waals surface area contributed by atoms with Crippen LogP contribution < -0.4 is 0 Å². The maximum atomic E-state index is 5.66. The average Bonchev–Trinajstić information content (AvgIpc) is 3.57. The summed E-state index contributed by atoms with van der Waals surface area (Å²) < 4.78 is 2.46. The van der Waals surface area contributed by atoms with Crippen LogP contribution in [-0.2, 0) is 37.4 Å². The van der Waals surface area contributed by atoms with E-state index in [1.165, 1.54) is 21.0 Å². The van der Waals surface area contributed by atoms with E-state index in [2.05, 4.69) is 138 Å². The standard InChI is InChI=1S/C48H40N3S.Ir/c1-46(2,3)32-34-19-17-25-38-39-31-42(48(5,36-22-10-7-11-23-36)41-27-13-15-29-50-41)51-43(45(39)52-44(34)38)33-18-16-24-37(30-33)47(4,35-20-8-6-9-21-35)40-26-12-14-28-49-40;/h6-20,22,24-29,31H,32H2,1-5H3;/q-3;+3/t47?,48-;/m1./s1. The molecule has 0 N–H and O–H groups in total. The molecule has 0 aliphatic carbocycles. The second-order valence-electron chi connectivity index (χ2n) is 15.1. The van der Waals surface area contributed by atoms with Gasteiger partial charge in [0.1, 0.15) is 0 Å². The van der Waals surface area contributed by atoms with Crippen molar-refractivity contribution in [2.24, 2.45) is 5.41 Å². The third-order valence-corrected chi connectivity index (χ3v) is 11.5. The summed E-state index contributed by atoms with van der Waals surface area (Å²) in [5, 5.41) is 2.44. The molecule has 8 rings (SSSR count). The number of fused-ring (bicyclic) bond motifs is 3. The Labute approximate surface area is 330 Å². The first-order chi connectivity index (χ1) is 25.2. The van der Waals surface area contributed by atoms with E-state index in [0.29, 0.717) is 0 Å². The van der Waals surface area contributed by atoms with Crippen molar-refractivity contribution in [2.45, 2.75) is 51.9 Å². The minimum Gasteiger partial charge on any atom is -0.299 e. The van der Waals surface area contributed by atoms with Crippen LogP contribution in [0.4, 0.5) is 0 Å². The van der Waals surface area contributed by atoms with E-state index in [9.17, 15) is 0 Å². The van der Waals surface area contributed by atoms with Crippen LogP contribution in [0, 0.1) is 23.6 Å². The third kappa shape index (κ3) is 6.67. The predicted octanol–water partition coefficient (Wildman–Crippen LogP) is 11.6. The summed E-state index contributed by atoms with van der Waals surface area (Å²) in [6, 6.07) is 55.1. The van der Waals surface area contributed by atoms with Crippen molar-refractivity contribution < 1.29 is 20.1 Å². The number of rotatable bonds is 8. The Morgan fingerprint density at radius 3 is 1.77 bits per heavy atom. The molecule has 1 unspecified atom stereocenters. The van der Waals surface area contributed by atoms with Crippen LogP contribution >= 0.6 is 11.3 Å². The van der Waals surface area contributed by atoms with Gasteiger partial charge in [0.2, 0.25) is 0 Å². The molecule has 2 atom stereocenters.